The predicted octanol–water partition coefficient (Wildman–Crippen LogP) is 2.76. The van der Waals surface area contributed by atoms with Gasteiger partial charge in [0.1, 0.15) is 6.61 Å². The molecule has 0 saturated heterocycles. The van der Waals surface area contributed by atoms with E-state index < -0.39 is 23.4 Å². The average Bonchev–Trinajstić information content (AvgIpc) is 3.04. The molecule has 1 aliphatic heterocycles. The highest BCUT2D eigenvalue weighted by Crippen LogP contribution is 2.31. The first-order valence-electron chi connectivity index (χ1n) is 9.49. The Morgan fingerprint density at radius 3 is 1.67 bits per heavy atom. The number of hydrogen-bond acceptors (Lipinski definition) is 5. The van der Waals surface area contributed by atoms with Gasteiger partial charge in [-0.15, -0.1) is 0 Å². The van der Waals surface area contributed by atoms with Crippen LogP contribution in [0.25, 0.3) is 0 Å². The number of hydrogen-bond donors (Lipinski definition) is 1. The molecule has 4 rings (SSSR count). The van der Waals surface area contributed by atoms with E-state index in [2.05, 4.69) is 0 Å². The van der Waals surface area contributed by atoms with Crippen molar-refractivity contribution < 1.29 is 24.2 Å². The molecular formula is C24H19NO5. The van der Waals surface area contributed by atoms with E-state index in [0.29, 0.717) is 22.3 Å². The molecule has 6 nitrogen and oxygen atoms in total. The third kappa shape index (κ3) is 3.27. The molecule has 6 heteroatoms. The molecule has 0 spiro atoms. The van der Waals surface area contributed by atoms with Gasteiger partial charge in [0.15, 0.2) is 0 Å². The van der Waals surface area contributed by atoms with Crippen LogP contribution in [-0.2, 0) is 15.1 Å². The van der Waals surface area contributed by atoms with Crippen LogP contribution in [0.1, 0.15) is 31.8 Å². The molecule has 0 aliphatic carbocycles. The van der Waals surface area contributed by atoms with Gasteiger partial charge in [-0.25, -0.2) is 4.79 Å². The Balaban J connectivity index is 1.51. The molecule has 1 N–H and O–H groups in total. The van der Waals surface area contributed by atoms with Crippen molar-refractivity contribution in [2.24, 2.45) is 0 Å². The number of fused-ring (bicyclic) bond motifs is 1. The number of carbonyl (C=O) groups is 3. The number of ether oxygens (including phenoxy) is 1. The summed E-state index contributed by atoms with van der Waals surface area (Å²) >= 11 is 0. The number of amides is 2. The van der Waals surface area contributed by atoms with E-state index in [4.69, 9.17) is 4.74 Å². The Bertz CT molecular complexity index is 1020. The van der Waals surface area contributed by atoms with E-state index >= 15 is 0 Å². The molecule has 1 heterocycles. The zero-order valence-corrected chi connectivity index (χ0v) is 16.0. The fraction of sp³-hybridized carbons (Fsp3) is 0.125. The SMILES string of the molecule is O=C1c2ccccc2C(=O)N1CCOC(=O)C(O)(c1ccccc1)c1ccccc1. The molecule has 0 radical (unpaired) electrons. The molecule has 1 aliphatic rings. The van der Waals surface area contributed by atoms with Crippen molar-refractivity contribution in [3.05, 3.63) is 107 Å². The van der Waals surface area contributed by atoms with Crippen LogP contribution in [0.4, 0.5) is 0 Å². The van der Waals surface area contributed by atoms with Crippen molar-refractivity contribution >= 4 is 17.8 Å². The standard InChI is InChI=1S/C24H19NO5/c26-21-19-13-7-8-14-20(19)22(27)25(21)15-16-30-23(28)24(29,17-9-3-1-4-10-17)18-11-5-2-6-12-18/h1-14,29H,15-16H2. The Hall–Kier alpha value is -3.77. The minimum atomic E-state index is -2.01. The van der Waals surface area contributed by atoms with Crippen molar-refractivity contribution in [2.45, 2.75) is 5.60 Å². The Morgan fingerprint density at radius 1 is 0.767 bits per heavy atom. The van der Waals surface area contributed by atoms with Crippen LogP contribution in [0.3, 0.4) is 0 Å². The predicted molar refractivity (Wildman–Crippen MR) is 109 cm³/mol. The monoisotopic (exact) mass is 401 g/mol. The zero-order valence-electron chi connectivity index (χ0n) is 16.0. The number of carbonyl (C=O) groups excluding carboxylic acids is 3. The van der Waals surface area contributed by atoms with E-state index in [-0.39, 0.29) is 13.2 Å². The highest BCUT2D eigenvalue weighted by molar-refractivity contribution is 6.21. The molecule has 3 aromatic carbocycles. The minimum Gasteiger partial charge on any atom is -0.461 e. The molecule has 150 valence electrons. The zero-order chi connectivity index (χ0) is 21.1. The van der Waals surface area contributed by atoms with Gasteiger partial charge in [0.25, 0.3) is 11.8 Å². The van der Waals surface area contributed by atoms with Crippen LogP contribution in [0.15, 0.2) is 84.9 Å². The number of benzene rings is 3. The maximum Gasteiger partial charge on any atom is 0.347 e. The number of imide groups is 1. The van der Waals surface area contributed by atoms with Gasteiger partial charge in [0.2, 0.25) is 5.60 Å². The normalized spacial score (nSPS) is 13.3. The Kier molecular flexibility index (Phi) is 5.16. The van der Waals surface area contributed by atoms with Crippen LogP contribution in [0.5, 0.6) is 0 Å². The van der Waals surface area contributed by atoms with Crippen molar-refractivity contribution in [2.75, 3.05) is 13.2 Å². The van der Waals surface area contributed by atoms with Crippen LogP contribution in [-0.4, -0.2) is 40.9 Å². The number of rotatable bonds is 6. The highest BCUT2D eigenvalue weighted by atomic mass is 16.5. The first-order chi connectivity index (χ1) is 14.5. The van der Waals surface area contributed by atoms with Gasteiger partial charge in [0.05, 0.1) is 17.7 Å². The lowest BCUT2D eigenvalue weighted by atomic mass is 9.86. The molecule has 0 atom stereocenters. The summed E-state index contributed by atoms with van der Waals surface area (Å²) in [5, 5.41) is 11.3. The highest BCUT2D eigenvalue weighted by Gasteiger charge is 2.42. The molecule has 0 aromatic heterocycles. The van der Waals surface area contributed by atoms with Crippen molar-refractivity contribution in [3.63, 3.8) is 0 Å². The van der Waals surface area contributed by atoms with Crippen molar-refractivity contribution in [1.82, 2.24) is 4.90 Å². The first kappa shape index (κ1) is 19.5. The van der Waals surface area contributed by atoms with Gasteiger partial charge < -0.3 is 9.84 Å². The molecule has 2 amide bonds. The second-order valence-corrected chi connectivity index (χ2v) is 6.89. The summed E-state index contributed by atoms with van der Waals surface area (Å²) in [5.74, 6) is -1.72. The average molecular weight is 401 g/mol. The maximum atomic E-state index is 13.0. The van der Waals surface area contributed by atoms with E-state index in [0.717, 1.165) is 4.90 Å². The van der Waals surface area contributed by atoms with Gasteiger partial charge in [-0.1, -0.05) is 72.8 Å². The lowest BCUT2D eigenvalue weighted by molar-refractivity contribution is -0.162. The number of nitrogens with zero attached hydrogens (tertiary/aromatic N) is 1. The van der Waals surface area contributed by atoms with Gasteiger partial charge in [-0.05, 0) is 23.3 Å². The molecule has 30 heavy (non-hydrogen) atoms. The molecule has 0 bridgehead atoms. The Labute approximate surface area is 173 Å². The largest absolute Gasteiger partial charge is 0.461 e. The molecule has 0 saturated carbocycles. The summed E-state index contributed by atoms with van der Waals surface area (Å²) in [6.07, 6.45) is 0. The lowest BCUT2D eigenvalue weighted by Crippen LogP contribution is -2.40. The van der Waals surface area contributed by atoms with E-state index in [1.807, 2.05) is 0 Å². The fourth-order valence-electron chi connectivity index (χ4n) is 3.54. The molecule has 3 aromatic rings. The summed E-state index contributed by atoms with van der Waals surface area (Å²) in [7, 11) is 0. The van der Waals surface area contributed by atoms with E-state index in [1.165, 1.54) is 0 Å². The quantitative estimate of drug-likeness (QED) is 0.507. The summed E-state index contributed by atoms with van der Waals surface area (Å²) in [4.78, 5) is 38.9. The summed E-state index contributed by atoms with van der Waals surface area (Å²) in [5.41, 5.74) is -0.619. The topological polar surface area (TPSA) is 83.9 Å². The van der Waals surface area contributed by atoms with Crippen molar-refractivity contribution in [3.8, 4) is 0 Å². The van der Waals surface area contributed by atoms with E-state index in [9.17, 15) is 19.5 Å². The second kappa shape index (κ2) is 7.93. The number of aliphatic hydroxyl groups is 1. The number of esters is 1. The van der Waals surface area contributed by atoms with Crippen molar-refractivity contribution in [1.29, 1.82) is 0 Å². The van der Waals surface area contributed by atoms with Crippen LogP contribution in [0, 0.1) is 0 Å². The van der Waals surface area contributed by atoms with Gasteiger partial charge in [0, 0.05) is 0 Å². The van der Waals surface area contributed by atoms with Crippen LogP contribution >= 0.6 is 0 Å². The summed E-state index contributed by atoms with van der Waals surface area (Å²) < 4.78 is 5.34. The first-order valence-corrected chi connectivity index (χ1v) is 9.49. The maximum absolute atomic E-state index is 13.0. The Morgan fingerprint density at radius 2 is 1.20 bits per heavy atom. The summed E-state index contributed by atoms with van der Waals surface area (Å²) in [6, 6.07) is 23.5. The third-order valence-electron chi connectivity index (χ3n) is 5.10. The lowest BCUT2D eigenvalue weighted by Gasteiger charge is -2.27. The fourth-order valence-corrected chi connectivity index (χ4v) is 3.54. The van der Waals surface area contributed by atoms with Gasteiger partial charge in [-0.2, -0.15) is 0 Å². The molecule has 0 fully saturated rings. The summed E-state index contributed by atoms with van der Waals surface area (Å²) in [6.45, 7) is -0.329. The smallest absolute Gasteiger partial charge is 0.347 e. The van der Waals surface area contributed by atoms with Crippen LogP contribution < -0.4 is 0 Å². The molecule has 0 unspecified atom stereocenters. The second-order valence-electron chi connectivity index (χ2n) is 6.89. The van der Waals surface area contributed by atoms with E-state index in [1.54, 1.807) is 84.9 Å². The minimum absolute atomic E-state index is 0.0995. The molecular weight excluding hydrogens is 382 g/mol. The van der Waals surface area contributed by atoms with Crippen LogP contribution in [0.2, 0.25) is 0 Å². The third-order valence-corrected chi connectivity index (χ3v) is 5.10. The van der Waals surface area contributed by atoms with Gasteiger partial charge >= 0.3 is 5.97 Å². The van der Waals surface area contributed by atoms with Gasteiger partial charge in [-0.3, -0.25) is 14.5 Å².